The molecule has 2 aromatic carbocycles. The first-order valence-corrected chi connectivity index (χ1v) is 11.8. The molecule has 0 spiro atoms. The van der Waals surface area contributed by atoms with Gasteiger partial charge in [-0.1, -0.05) is 23.6 Å². The predicted octanol–water partition coefficient (Wildman–Crippen LogP) is 4.52. The normalized spacial score (nSPS) is 15.2. The van der Waals surface area contributed by atoms with Crippen LogP contribution in [0, 0.1) is 13.8 Å². The van der Waals surface area contributed by atoms with E-state index < -0.39 is 10.0 Å². The molecule has 0 radical (unpaired) electrons. The molecule has 7 heteroatoms. The first-order chi connectivity index (χ1) is 14.2. The average Bonchev–Trinajstić information content (AvgIpc) is 2.68. The van der Waals surface area contributed by atoms with Crippen molar-refractivity contribution < 1.29 is 17.9 Å². The van der Waals surface area contributed by atoms with Crippen molar-refractivity contribution in [1.82, 2.24) is 4.31 Å². The summed E-state index contributed by atoms with van der Waals surface area (Å²) >= 11 is 0. The van der Waals surface area contributed by atoms with E-state index in [2.05, 4.69) is 5.32 Å². The summed E-state index contributed by atoms with van der Waals surface area (Å²) < 4.78 is 33.5. The largest absolute Gasteiger partial charge is 0.489 e. The summed E-state index contributed by atoms with van der Waals surface area (Å²) in [6.07, 6.45) is 2.66. The molecule has 30 heavy (non-hydrogen) atoms. The lowest BCUT2D eigenvalue weighted by atomic mass is 10.1. The van der Waals surface area contributed by atoms with Crippen molar-refractivity contribution in [3.8, 4) is 5.75 Å². The van der Waals surface area contributed by atoms with E-state index in [0.717, 1.165) is 30.4 Å². The smallest absolute Gasteiger partial charge is 0.255 e. The Labute approximate surface area is 179 Å². The number of aryl methyl sites for hydroxylation is 2. The standard InChI is InChI=1S/C23H30N2O4S/c1-16(2)29-22-9-8-20(30(27,28)25-10-6-5-7-11-25)15-21(22)24-23(26)19-13-17(3)12-18(4)14-19/h8-9,12-16H,5-7,10-11H2,1-4H3,(H,24,26). The van der Waals surface area contributed by atoms with Crippen molar-refractivity contribution >= 4 is 21.6 Å². The number of nitrogens with zero attached hydrogens (tertiary/aromatic N) is 1. The molecular formula is C23H30N2O4S. The molecule has 1 aliphatic rings. The Morgan fingerprint density at radius 3 is 2.23 bits per heavy atom. The zero-order valence-electron chi connectivity index (χ0n) is 18.1. The van der Waals surface area contributed by atoms with Gasteiger partial charge in [-0.25, -0.2) is 8.42 Å². The van der Waals surface area contributed by atoms with Crippen molar-refractivity contribution in [2.24, 2.45) is 0 Å². The summed E-state index contributed by atoms with van der Waals surface area (Å²) in [6, 6.07) is 10.3. The molecule has 1 amide bonds. The van der Waals surface area contributed by atoms with Crippen LogP contribution in [0.1, 0.15) is 54.6 Å². The van der Waals surface area contributed by atoms with Crippen LogP contribution >= 0.6 is 0 Å². The SMILES string of the molecule is Cc1cc(C)cc(C(=O)Nc2cc(S(=O)(=O)N3CCCCC3)ccc2OC(C)C)c1. The number of rotatable bonds is 6. The number of amides is 1. The van der Waals surface area contributed by atoms with Crippen LogP contribution in [0.5, 0.6) is 5.75 Å². The molecule has 0 aliphatic carbocycles. The van der Waals surface area contributed by atoms with E-state index in [9.17, 15) is 13.2 Å². The lowest BCUT2D eigenvalue weighted by Gasteiger charge is -2.26. The molecule has 0 bridgehead atoms. The average molecular weight is 431 g/mol. The van der Waals surface area contributed by atoms with E-state index >= 15 is 0 Å². The van der Waals surface area contributed by atoms with Crippen LogP contribution in [0.4, 0.5) is 5.69 Å². The summed E-state index contributed by atoms with van der Waals surface area (Å²) in [5.74, 6) is 0.142. The second kappa shape index (κ2) is 9.18. The number of nitrogens with one attached hydrogen (secondary N) is 1. The molecule has 1 N–H and O–H groups in total. The molecule has 1 fully saturated rings. The van der Waals surface area contributed by atoms with E-state index in [4.69, 9.17) is 4.74 Å². The van der Waals surface area contributed by atoms with E-state index in [1.807, 2.05) is 33.8 Å². The van der Waals surface area contributed by atoms with E-state index in [1.54, 1.807) is 24.3 Å². The zero-order chi connectivity index (χ0) is 21.9. The van der Waals surface area contributed by atoms with Crippen molar-refractivity contribution in [2.75, 3.05) is 18.4 Å². The third kappa shape index (κ3) is 5.21. The number of benzene rings is 2. The Morgan fingerprint density at radius 2 is 1.63 bits per heavy atom. The van der Waals surface area contributed by atoms with Gasteiger partial charge in [0.1, 0.15) is 5.75 Å². The molecule has 1 aliphatic heterocycles. The fourth-order valence-corrected chi connectivity index (χ4v) is 5.22. The third-order valence-electron chi connectivity index (χ3n) is 5.00. The molecule has 0 aromatic heterocycles. The number of carbonyl (C=O) groups excluding carboxylic acids is 1. The van der Waals surface area contributed by atoms with Gasteiger partial charge in [0, 0.05) is 18.7 Å². The van der Waals surface area contributed by atoms with Crippen LogP contribution in [-0.2, 0) is 10.0 Å². The molecule has 2 aromatic rings. The van der Waals surface area contributed by atoms with Crippen LogP contribution in [0.3, 0.4) is 0 Å². The highest BCUT2D eigenvalue weighted by atomic mass is 32.2. The molecule has 1 heterocycles. The van der Waals surface area contributed by atoms with Crippen molar-refractivity contribution in [2.45, 2.75) is 58.0 Å². The van der Waals surface area contributed by atoms with Crippen molar-refractivity contribution in [3.63, 3.8) is 0 Å². The third-order valence-corrected chi connectivity index (χ3v) is 6.89. The van der Waals surface area contributed by atoms with Crippen LogP contribution < -0.4 is 10.1 Å². The van der Waals surface area contributed by atoms with Crippen LogP contribution in [0.25, 0.3) is 0 Å². The van der Waals surface area contributed by atoms with E-state index in [0.29, 0.717) is 30.1 Å². The summed E-state index contributed by atoms with van der Waals surface area (Å²) in [5.41, 5.74) is 2.85. The van der Waals surface area contributed by atoms with Crippen LogP contribution in [-0.4, -0.2) is 37.8 Å². The van der Waals surface area contributed by atoms with Crippen molar-refractivity contribution in [1.29, 1.82) is 0 Å². The molecule has 6 nitrogen and oxygen atoms in total. The lowest BCUT2D eigenvalue weighted by molar-refractivity contribution is 0.102. The fraction of sp³-hybridized carbons (Fsp3) is 0.435. The summed E-state index contributed by atoms with van der Waals surface area (Å²) in [5, 5.41) is 2.86. The number of hydrogen-bond acceptors (Lipinski definition) is 4. The molecule has 1 saturated heterocycles. The number of ether oxygens (including phenoxy) is 1. The second-order valence-corrected chi connectivity index (χ2v) is 10.1. The maximum Gasteiger partial charge on any atom is 0.255 e. The monoisotopic (exact) mass is 430 g/mol. The summed E-state index contributed by atoms with van der Waals surface area (Å²) in [7, 11) is -3.62. The van der Waals surface area contributed by atoms with E-state index in [-0.39, 0.29) is 16.9 Å². The number of carbonyl (C=O) groups is 1. The molecule has 0 saturated carbocycles. The van der Waals surface area contributed by atoms with Gasteiger partial charge in [0.05, 0.1) is 16.7 Å². The summed E-state index contributed by atoms with van der Waals surface area (Å²) in [6.45, 7) is 8.68. The minimum Gasteiger partial charge on any atom is -0.489 e. The molecular weight excluding hydrogens is 400 g/mol. The van der Waals surface area contributed by atoms with Gasteiger partial charge in [0.25, 0.3) is 5.91 Å². The van der Waals surface area contributed by atoms with Gasteiger partial charge in [-0.2, -0.15) is 4.31 Å². The van der Waals surface area contributed by atoms with Gasteiger partial charge in [-0.15, -0.1) is 0 Å². The molecule has 162 valence electrons. The van der Waals surface area contributed by atoms with Gasteiger partial charge in [0.15, 0.2) is 0 Å². The number of hydrogen-bond donors (Lipinski definition) is 1. The Hall–Kier alpha value is -2.38. The number of anilines is 1. The predicted molar refractivity (Wildman–Crippen MR) is 119 cm³/mol. The minimum absolute atomic E-state index is 0.119. The topological polar surface area (TPSA) is 75.7 Å². The Bertz CT molecular complexity index is 1010. The van der Waals surface area contributed by atoms with Crippen LogP contribution in [0.15, 0.2) is 41.3 Å². The molecule has 0 atom stereocenters. The lowest BCUT2D eigenvalue weighted by Crippen LogP contribution is -2.35. The maximum absolute atomic E-state index is 13.1. The quantitative estimate of drug-likeness (QED) is 0.731. The highest BCUT2D eigenvalue weighted by Crippen LogP contribution is 2.31. The highest BCUT2D eigenvalue weighted by Gasteiger charge is 2.27. The fourth-order valence-electron chi connectivity index (χ4n) is 3.68. The number of sulfonamides is 1. The zero-order valence-corrected chi connectivity index (χ0v) is 18.9. The summed E-state index contributed by atoms with van der Waals surface area (Å²) in [4.78, 5) is 13.1. The Morgan fingerprint density at radius 1 is 1.00 bits per heavy atom. The van der Waals surface area contributed by atoms with Gasteiger partial charge < -0.3 is 10.1 Å². The van der Waals surface area contributed by atoms with Gasteiger partial charge >= 0.3 is 0 Å². The van der Waals surface area contributed by atoms with Crippen molar-refractivity contribution in [3.05, 3.63) is 53.1 Å². The first-order valence-electron chi connectivity index (χ1n) is 10.4. The Balaban J connectivity index is 1.96. The number of piperidine rings is 1. The maximum atomic E-state index is 13.1. The molecule has 0 unspecified atom stereocenters. The molecule has 3 rings (SSSR count). The van der Waals surface area contributed by atoms with Gasteiger partial charge in [-0.05, 0) is 70.9 Å². The van der Waals surface area contributed by atoms with Crippen LogP contribution in [0.2, 0.25) is 0 Å². The van der Waals surface area contributed by atoms with Gasteiger partial charge in [-0.3, -0.25) is 4.79 Å². The Kier molecular flexibility index (Phi) is 6.83. The minimum atomic E-state index is -3.62. The van der Waals surface area contributed by atoms with E-state index in [1.165, 1.54) is 10.4 Å². The highest BCUT2D eigenvalue weighted by molar-refractivity contribution is 7.89. The van der Waals surface area contributed by atoms with Gasteiger partial charge in [0.2, 0.25) is 10.0 Å². The first kappa shape index (κ1) is 22.3. The second-order valence-electron chi connectivity index (χ2n) is 8.12.